The summed E-state index contributed by atoms with van der Waals surface area (Å²) in [7, 11) is -2.73. The highest BCUT2D eigenvalue weighted by Gasteiger charge is 2.23. The van der Waals surface area contributed by atoms with Crippen LogP contribution in [0.15, 0.2) is 72.7 Å². The van der Waals surface area contributed by atoms with E-state index >= 15 is 0 Å². The van der Waals surface area contributed by atoms with Crippen molar-refractivity contribution in [3.05, 3.63) is 72.7 Å². The lowest BCUT2D eigenvalue weighted by atomic mass is 10.4. The molecule has 2 rings (SSSR count). The van der Waals surface area contributed by atoms with Gasteiger partial charge in [-0.1, -0.05) is 60.7 Å². The van der Waals surface area contributed by atoms with Crippen molar-refractivity contribution in [3.63, 3.8) is 0 Å². The van der Waals surface area contributed by atoms with Crippen LogP contribution in [0, 0.1) is 0 Å². The summed E-state index contributed by atoms with van der Waals surface area (Å²) in [6.07, 6.45) is 1.97. The van der Waals surface area contributed by atoms with Gasteiger partial charge in [0.2, 0.25) is 0 Å². The minimum atomic E-state index is -2.73. The second kappa shape index (κ2) is 7.28. The first kappa shape index (κ1) is 15.6. The maximum Gasteiger partial charge on any atom is 0.165 e. The molecule has 21 heavy (non-hydrogen) atoms. The third-order valence-electron chi connectivity index (χ3n) is 3.58. The van der Waals surface area contributed by atoms with Crippen LogP contribution in [-0.2, 0) is 4.57 Å². The summed E-state index contributed by atoms with van der Waals surface area (Å²) < 4.78 is 13.6. The summed E-state index contributed by atoms with van der Waals surface area (Å²) in [5.41, 5.74) is 0. The summed E-state index contributed by atoms with van der Waals surface area (Å²) in [6.45, 7) is 6.03. The predicted molar refractivity (Wildman–Crippen MR) is 91.8 cm³/mol. The van der Waals surface area contributed by atoms with Gasteiger partial charge in [0.15, 0.2) is 7.14 Å². The van der Waals surface area contributed by atoms with E-state index in [4.69, 9.17) is 0 Å². The van der Waals surface area contributed by atoms with Crippen LogP contribution in [-0.4, -0.2) is 18.0 Å². The second-order valence-corrected chi connectivity index (χ2v) is 7.50. The molecule has 0 aliphatic heterocycles. The molecule has 0 heterocycles. The van der Waals surface area contributed by atoms with Crippen LogP contribution in [0.4, 0.5) is 0 Å². The van der Waals surface area contributed by atoms with Crippen molar-refractivity contribution in [2.75, 3.05) is 13.1 Å². The fourth-order valence-electron chi connectivity index (χ4n) is 2.24. The summed E-state index contributed by atoms with van der Waals surface area (Å²) in [5, 5.41) is 1.75. The van der Waals surface area contributed by atoms with Crippen molar-refractivity contribution in [1.82, 2.24) is 4.90 Å². The Balaban J connectivity index is 2.48. The predicted octanol–water partition coefficient (Wildman–Crippen LogP) is 3.81. The lowest BCUT2D eigenvalue weighted by molar-refractivity contribution is 0.419. The number of benzene rings is 2. The number of hydrogen-bond acceptors (Lipinski definition) is 2. The highest BCUT2D eigenvalue weighted by Crippen LogP contribution is 2.44. The van der Waals surface area contributed by atoms with Crippen LogP contribution in [0.1, 0.15) is 13.8 Å². The Morgan fingerprint density at radius 2 is 1.29 bits per heavy atom. The molecule has 0 aliphatic carbocycles. The number of rotatable bonds is 6. The molecule has 0 aliphatic rings. The molecule has 110 valence electrons. The lowest BCUT2D eigenvalue weighted by Gasteiger charge is -2.19. The van der Waals surface area contributed by atoms with E-state index in [1.807, 2.05) is 72.7 Å². The van der Waals surface area contributed by atoms with Gasteiger partial charge < -0.3 is 9.46 Å². The minimum absolute atomic E-state index is 0.875. The third kappa shape index (κ3) is 3.65. The molecule has 0 radical (unpaired) electrons. The Morgan fingerprint density at radius 3 is 1.67 bits per heavy atom. The van der Waals surface area contributed by atoms with Gasteiger partial charge >= 0.3 is 0 Å². The molecule has 0 amide bonds. The second-order valence-electron chi connectivity index (χ2n) is 4.85. The highest BCUT2D eigenvalue weighted by atomic mass is 31.2. The smallest absolute Gasteiger partial charge is 0.165 e. The first-order chi connectivity index (χ1) is 10.2. The molecule has 0 spiro atoms. The summed E-state index contributed by atoms with van der Waals surface area (Å²) in [5.74, 6) is 1.88. The topological polar surface area (TPSA) is 20.3 Å². The fraction of sp³-hybridized carbons (Fsp3) is 0.222. The number of hydrogen-bond donors (Lipinski definition) is 0. The van der Waals surface area contributed by atoms with Gasteiger partial charge in [0, 0.05) is 29.9 Å². The maximum absolute atomic E-state index is 13.6. The van der Waals surface area contributed by atoms with Gasteiger partial charge in [0.1, 0.15) is 0 Å². The summed E-state index contributed by atoms with van der Waals surface area (Å²) in [4.78, 5) is 2.15. The van der Waals surface area contributed by atoms with Crippen molar-refractivity contribution in [2.45, 2.75) is 13.8 Å². The van der Waals surface area contributed by atoms with Gasteiger partial charge in [-0.3, -0.25) is 0 Å². The average molecular weight is 299 g/mol. The Bertz CT molecular complexity index is 575. The zero-order chi connectivity index (χ0) is 15.1. The SMILES string of the molecule is CCN(C=CP(=O)(c1ccccc1)c1ccccc1)CC. The van der Waals surface area contributed by atoms with Crippen molar-refractivity contribution >= 4 is 17.8 Å². The summed E-state index contributed by atoms with van der Waals surface area (Å²) >= 11 is 0. The molecule has 0 unspecified atom stereocenters. The molecule has 0 N–H and O–H groups in total. The Morgan fingerprint density at radius 1 is 0.857 bits per heavy atom. The first-order valence-corrected chi connectivity index (χ1v) is 9.12. The minimum Gasteiger partial charge on any atom is -0.378 e. The monoisotopic (exact) mass is 299 g/mol. The van der Waals surface area contributed by atoms with E-state index in [1.54, 1.807) is 0 Å². The standard InChI is InChI=1S/C18H22NOP/c1-3-19(4-2)15-16-21(20,17-11-7-5-8-12-17)18-13-9-6-10-14-18/h5-16H,3-4H2,1-2H3. The van der Waals surface area contributed by atoms with Crippen LogP contribution in [0.5, 0.6) is 0 Å². The Kier molecular flexibility index (Phi) is 5.41. The molecule has 3 heteroatoms. The van der Waals surface area contributed by atoms with Crippen LogP contribution in [0.2, 0.25) is 0 Å². The third-order valence-corrected chi connectivity index (χ3v) is 6.26. The molecule has 0 bridgehead atoms. The molecule has 2 aromatic rings. The molecule has 2 nitrogen and oxygen atoms in total. The van der Waals surface area contributed by atoms with Gasteiger partial charge in [0.25, 0.3) is 0 Å². The van der Waals surface area contributed by atoms with Gasteiger partial charge in [-0.05, 0) is 19.7 Å². The molecule has 0 saturated carbocycles. The largest absolute Gasteiger partial charge is 0.378 e. The van der Waals surface area contributed by atoms with Crippen molar-refractivity contribution in [3.8, 4) is 0 Å². The van der Waals surface area contributed by atoms with E-state index in [0.717, 1.165) is 23.7 Å². The normalized spacial score (nSPS) is 11.7. The maximum atomic E-state index is 13.6. The summed E-state index contributed by atoms with van der Waals surface area (Å²) in [6, 6.07) is 19.4. The Labute approximate surface area is 127 Å². The molecule has 2 aromatic carbocycles. The molecular formula is C18H22NOP. The van der Waals surface area contributed by atoms with Crippen molar-refractivity contribution in [2.24, 2.45) is 0 Å². The van der Waals surface area contributed by atoms with E-state index in [2.05, 4.69) is 18.7 Å². The van der Waals surface area contributed by atoms with Crippen LogP contribution >= 0.6 is 7.14 Å². The van der Waals surface area contributed by atoms with Gasteiger partial charge in [-0.2, -0.15) is 0 Å². The average Bonchev–Trinajstić information content (AvgIpc) is 2.57. The lowest BCUT2D eigenvalue weighted by Crippen LogP contribution is -2.18. The van der Waals surface area contributed by atoms with Crippen LogP contribution in [0.25, 0.3) is 0 Å². The molecule has 0 saturated heterocycles. The van der Waals surface area contributed by atoms with E-state index in [-0.39, 0.29) is 0 Å². The van der Waals surface area contributed by atoms with E-state index in [1.165, 1.54) is 0 Å². The van der Waals surface area contributed by atoms with E-state index in [0.29, 0.717) is 0 Å². The first-order valence-electron chi connectivity index (χ1n) is 7.35. The van der Waals surface area contributed by atoms with Crippen LogP contribution < -0.4 is 10.6 Å². The molecule has 0 atom stereocenters. The zero-order valence-corrected chi connectivity index (χ0v) is 13.5. The quantitative estimate of drug-likeness (QED) is 0.756. The Hall–Kier alpha value is -1.79. The molecule has 0 fully saturated rings. The zero-order valence-electron chi connectivity index (χ0n) is 12.6. The van der Waals surface area contributed by atoms with Gasteiger partial charge in [-0.15, -0.1) is 0 Å². The van der Waals surface area contributed by atoms with Crippen LogP contribution in [0.3, 0.4) is 0 Å². The van der Waals surface area contributed by atoms with Gasteiger partial charge in [-0.25, -0.2) is 0 Å². The number of nitrogens with zero attached hydrogens (tertiary/aromatic N) is 1. The van der Waals surface area contributed by atoms with Crippen molar-refractivity contribution in [1.29, 1.82) is 0 Å². The van der Waals surface area contributed by atoms with Crippen molar-refractivity contribution < 1.29 is 4.57 Å². The van der Waals surface area contributed by atoms with E-state index < -0.39 is 7.14 Å². The van der Waals surface area contributed by atoms with E-state index in [9.17, 15) is 4.57 Å². The molecular weight excluding hydrogens is 277 g/mol. The highest BCUT2D eigenvalue weighted by molar-refractivity contribution is 7.81. The molecule has 0 aromatic heterocycles. The van der Waals surface area contributed by atoms with Gasteiger partial charge in [0.05, 0.1) is 0 Å². The fourth-order valence-corrected chi connectivity index (χ4v) is 4.49.